The Balaban J connectivity index is 1.93. The van der Waals surface area contributed by atoms with Gasteiger partial charge in [0.1, 0.15) is 0 Å². The number of likely N-dealkylation sites (tertiary alicyclic amines) is 2. The van der Waals surface area contributed by atoms with E-state index in [1.165, 1.54) is 0 Å². The molecule has 0 aliphatic carbocycles. The van der Waals surface area contributed by atoms with Gasteiger partial charge in [0.2, 0.25) is 15.9 Å². The summed E-state index contributed by atoms with van der Waals surface area (Å²) in [5.41, 5.74) is 0. The number of piperidine rings is 1. The Bertz CT molecular complexity index is 415. The van der Waals surface area contributed by atoms with Gasteiger partial charge in [0.05, 0.1) is 5.75 Å². The molecule has 1 unspecified atom stereocenters. The summed E-state index contributed by atoms with van der Waals surface area (Å²) in [5, 5.41) is 5.04. The van der Waals surface area contributed by atoms with Crippen molar-refractivity contribution < 1.29 is 13.2 Å². The number of carbonyl (C=O) groups is 1. The number of hydrogen-bond donors (Lipinski definition) is 1. The second-order valence-corrected chi connectivity index (χ2v) is 7.14. The first-order valence-corrected chi connectivity index (χ1v) is 8.05. The summed E-state index contributed by atoms with van der Waals surface area (Å²) in [5.74, 6) is -0.132. The largest absolute Gasteiger partial charge is 0.339 e. The third kappa shape index (κ3) is 3.43. The van der Waals surface area contributed by atoms with E-state index < -0.39 is 10.0 Å². The number of amides is 1. The van der Waals surface area contributed by atoms with Gasteiger partial charge in [-0.05, 0) is 33.0 Å². The molecule has 2 saturated heterocycles. The van der Waals surface area contributed by atoms with E-state index in [4.69, 9.17) is 5.14 Å². The SMILES string of the molecule is CN1CCC(N2CC(CS(N)(=O)=O)CC2=O)CC1. The van der Waals surface area contributed by atoms with Crippen molar-refractivity contribution in [2.75, 3.05) is 32.4 Å². The summed E-state index contributed by atoms with van der Waals surface area (Å²) in [6.45, 7) is 2.53. The van der Waals surface area contributed by atoms with Crippen LogP contribution in [-0.2, 0) is 14.8 Å². The van der Waals surface area contributed by atoms with Gasteiger partial charge in [0, 0.05) is 24.9 Å². The molecule has 2 aliphatic rings. The van der Waals surface area contributed by atoms with Crippen LogP contribution in [0.4, 0.5) is 0 Å². The molecular weight excluding hydrogens is 254 g/mol. The van der Waals surface area contributed by atoms with Crippen LogP contribution < -0.4 is 5.14 Å². The predicted molar refractivity (Wildman–Crippen MR) is 68.3 cm³/mol. The molecule has 104 valence electrons. The average Bonchev–Trinajstić information content (AvgIpc) is 2.58. The lowest BCUT2D eigenvalue weighted by molar-refractivity contribution is -0.130. The van der Waals surface area contributed by atoms with Crippen molar-refractivity contribution in [3.8, 4) is 0 Å². The van der Waals surface area contributed by atoms with Gasteiger partial charge in [-0.1, -0.05) is 0 Å². The van der Waals surface area contributed by atoms with Crippen LogP contribution in [0.25, 0.3) is 0 Å². The van der Waals surface area contributed by atoms with Gasteiger partial charge in [-0.3, -0.25) is 4.79 Å². The number of nitrogens with two attached hydrogens (primary N) is 1. The lowest BCUT2D eigenvalue weighted by Gasteiger charge is -2.35. The fourth-order valence-electron chi connectivity index (χ4n) is 2.91. The van der Waals surface area contributed by atoms with Crippen LogP contribution in [0.2, 0.25) is 0 Å². The van der Waals surface area contributed by atoms with Crippen molar-refractivity contribution in [1.82, 2.24) is 9.80 Å². The molecule has 1 atom stereocenters. The summed E-state index contributed by atoms with van der Waals surface area (Å²) in [6.07, 6.45) is 2.28. The van der Waals surface area contributed by atoms with Crippen LogP contribution in [0.15, 0.2) is 0 Å². The first-order valence-electron chi connectivity index (χ1n) is 6.33. The molecule has 0 spiro atoms. The minimum atomic E-state index is -3.48. The molecule has 2 fully saturated rings. The topological polar surface area (TPSA) is 83.7 Å². The molecule has 2 N–H and O–H groups in total. The number of carbonyl (C=O) groups excluding carboxylic acids is 1. The van der Waals surface area contributed by atoms with Crippen molar-refractivity contribution in [2.24, 2.45) is 11.1 Å². The number of hydrogen-bond acceptors (Lipinski definition) is 4. The number of nitrogens with zero attached hydrogens (tertiary/aromatic N) is 2. The molecule has 6 nitrogen and oxygen atoms in total. The van der Waals surface area contributed by atoms with Gasteiger partial charge in [-0.15, -0.1) is 0 Å². The first-order chi connectivity index (χ1) is 8.35. The standard InChI is InChI=1S/C11H21N3O3S/c1-13-4-2-10(3-5-13)14-7-9(6-11(14)15)8-18(12,16)17/h9-10H,2-8H2,1H3,(H2,12,16,17). The minimum Gasteiger partial charge on any atom is -0.339 e. The zero-order valence-electron chi connectivity index (χ0n) is 10.7. The molecule has 0 aromatic carbocycles. The Labute approximate surface area is 108 Å². The van der Waals surface area contributed by atoms with Crippen molar-refractivity contribution >= 4 is 15.9 Å². The van der Waals surface area contributed by atoms with Crippen molar-refractivity contribution in [3.05, 3.63) is 0 Å². The zero-order valence-corrected chi connectivity index (χ0v) is 11.5. The maximum Gasteiger partial charge on any atom is 0.223 e. The molecule has 0 aromatic rings. The molecule has 7 heteroatoms. The van der Waals surface area contributed by atoms with E-state index in [9.17, 15) is 13.2 Å². The third-order valence-corrected chi connectivity index (χ3v) is 4.77. The lowest BCUT2D eigenvalue weighted by Crippen LogP contribution is -2.44. The number of rotatable bonds is 3. The molecular formula is C11H21N3O3S. The zero-order chi connectivity index (χ0) is 13.3. The summed E-state index contributed by atoms with van der Waals surface area (Å²) < 4.78 is 22.1. The molecule has 2 rings (SSSR count). The second-order valence-electron chi connectivity index (χ2n) is 5.48. The van der Waals surface area contributed by atoms with Crippen LogP contribution in [0.3, 0.4) is 0 Å². The average molecular weight is 275 g/mol. The monoisotopic (exact) mass is 275 g/mol. The smallest absolute Gasteiger partial charge is 0.223 e. The molecule has 0 bridgehead atoms. The van der Waals surface area contributed by atoms with Crippen LogP contribution in [-0.4, -0.2) is 62.6 Å². The van der Waals surface area contributed by atoms with Crippen molar-refractivity contribution in [1.29, 1.82) is 0 Å². The van der Waals surface area contributed by atoms with Gasteiger partial charge in [0.25, 0.3) is 0 Å². The highest BCUT2D eigenvalue weighted by atomic mass is 32.2. The predicted octanol–water partition coefficient (Wildman–Crippen LogP) is -0.782. The van der Waals surface area contributed by atoms with Crippen molar-refractivity contribution in [2.45, 2.75) is 25.3 Å². The van der Waals surface area contributed by atoms with E-state index in [0.717, 1.165) is 25.9 Å². The Hall–Kier alpha value is -0.660. The van der Waals surface area contributed by atoms with E-state index in [0.29, 0.717) is 13.0 Å². The van der Waals surface area contributed by atoms with E-state index in [-0.39, 0.29) is 23.6 Å². The minimum absolute atomic E-state index is 0.0815. The number of primary sulfonamides is 1. The summed E-state index contributed by atoms with van der Waals surface area (Å²) in [7, 11) is -1.41. The van der Waals surface area contributed by atoms with E-state index >= 15 is 0 Å². The molecule has 2 aliphatic heterocycles. The summed E-state index contributed by atoms with van der Waals surface area (Å²) >= 11 is 0. The third-order valence-electron chi connectivity index (χ3n) is 3.84. The number of sulfonamides is 1. The molecule has 0 radical (unpaired) electrons. The first kappa shape index (κ1) is 13.8. The van der Waals surface area contributed by atoms with Crippen LogP contribution in [0.1, 0.15) is 19.3 Å². The van der Waals surface area contributed by atoms with Gasteiger partial charge >= 0.3 is 0 Å². The highest BCUT2D eigenvalue weighted by molar-refractivity contribution is 7.89. The second kappa shape index (κ2) is 5.14. The highest BCUT2D eigenvalue weighted by Crippen LogP contribution is 2.25. The Morgan fingerprint density at radius 1 is 1.33 bits per heavy atom. The van der Waals surface area contributed by atoms with E-state index in [1.54, 1.807) is 0 Å². The van der Waals surface area contributed by atoms with Crippen molar-refractivity contribution in [3.63, 3.8) is 0 Å². The molecule has 18 heavy (non-hydrogen) atoms. The Morgan fingerprint density at radius 2 is 1.94 bits per heavy atom. The molecule has 0 aromatic heterocycles. The normalized spacial score (nSPS) is 28.0. The van der Waals surface area contributed by atoms with Crippen LogP contribution >= 0.6 is 0 Å². The Kier molecular flexibility index (Phi) is 3.93. The quantitative estimate of drug-likeness (QED) is 0.732. The van der Waals surface area contributed by atoms with Gasteiger partial charge < -0.3 is 9.80 Å². The maximum atomic E-state index is 11.9. The van der Waals surface area contributed by atoms with Gasteiger partial charge in [-0.2, -0.15) is 0 Å². The van der Waals surface area contributed by atoms with Gasteiger partial charge in [-0.25, -0.2) is 13.6 Å². The highest BCUT2D eigenvalue weighted by Gasteiger charge is 2.36. The fraction of sp³-hybridized carbons (Fsp3) is 0.909. The fourth-order valence-corrected chi connectivity index (χ4v) is 3.79. The maximum absolute atomic E-state index is 11.9. The van der Waals surface area contributed by atoms with E-state index in [2.05, 4.69) is 11.9 Å². The van der Waals surface area contributed by atoms with Gasteiger partial charge in [0.15, 0.2) is 0 Å². The molecule has 0 saturated carbocycles. The summed E-state index contributed by atoms with van der Waals surface area (Å²) in [6, 6.07) is 0.277. The van der Waals surface area contributed by atoms with Crippen LogP contribution in [0.5, 0.6) is 0 Å². The molecule has 2 heterocycles. The van der Waals surface area contributed by atoms with E-state index in [1.807, 2.05) is 4.90 Å². The lowest BCUT2D eigenvalue weighted by atomic mass is 10.0. The van der Waals surface area contributed by atoms with Crippen LogP contribution in [0, 0.1) is 5.92 Å². The summed E-state index contributed by atoms with van der Waals surface area (Å²) in [4.78, 5) is 16.0. The Morgan fingerprint density at radius 3 is 2.50 bits per heavy atom. The molecule has 1 amide bonds.